The van der Waals surface area contributed by atoms with Crippen molar-refractivity contribution in [2.45, 2.75) is 135 Å². The van der Waals surface area contributed by atoms with Gasteiger partial charge in [0.15, 0.2) is 0 Å². The molecule has 0 bridgehead atoms. The van der Waals surface area contributed by atoms with Crippen LogP contribution in [0.2, 0.25) is 0 Å². The van der Waals surface area contributed by atoms with Crippen molar-refractivity contribution in [3.63, 3.8) is 0 Å². The highest BCUT2D eigenvalue weighted by atomic mass is 32.2. The molecule has 0 heterocycles. The largest absolute Gasteiger partial charge is 0.744 e. The third-order valence-corrected chi connectivity index (χ3v) is 8.35. The number of unbranched alkanes of at least 4 members (excludes halogenated alkanes) is 10. The lowest BCUT2D eigenvalue weighted by molar-refractivity contribution is 0.462. The van der Waals surface area contributed by atoms with Gasteiger partial charge in [-0.2, -0.15) is 0 Å². The first-order valence-corrected chi connectivity index (χ1v) is 16.1. The number of hydrogen-bond acceptors (Lipinski definition) is 3. The van der Waals surface area contributed by atoms with Crippen LogP contribution in [0.4, 0.5) is 0 Å². The third kappa shape index (κ3) is 12.8. The Bertz CT molecular complexity index is 999. The summed E-state index contributed by atoms with van der Waals surface area (Å²) in [6.07, 6.45) is 18.5. The molecule has 0 saturated heterocycles. The Labute approximate surface area is 228 Å². The van der Waals surface area contributed by atoms with Gasteiger partial charge in [0.25, 0.3) is 0 Å². The topological polar surface area (TPSA) is 93.7 Å². The summed E-state index contributed by atoms with van der Waals surface area (Å²) >= 11 is 0. The van der Waals surface area contributed by atoms with E-state index in [1.54, 1.807) is 6.07 Å². The molecule has 0 amide bonds. The Morgan fingerprint density at radius 1 is 0.676 bits per heavy atom. The molecule has 212 valence electrons. The zero-order valence-electron chi connectivity index (χ0n) is 24.5. The molecule has 2 aromatic carbocycles. The minimum absolute atomic E-state index is 0. The summed E-state index contributed by atoms with van der Waals surface area (Å²) in [4.78, 5) is 0.0428. The molecule has 0 aromatic heterocycles. The first kappa shape index (κ1) is 33.6. The van der Waals surface area contributed by atoms with Crippen molar-refractivity contribution >= 4 is 20.9 Å². The SMILES string of the molecule is CC(C)CCCCCCCCc1cc2ccccc2c(S(=O)(=O)[O-])c1CCCCCCCCC(C)C.[NH4+]. The quantitative estimate of drug-likeness (QED) is 0.144. The summed E-state index contributed by atoms with van der Waals surface area (Å²) in [5.74, 6) is 1.56. The summed E-state index contributed by atoms with van der Waals surface area (Å²) < 4.78 is 37.4. The van der Waals surface area contributed by atoms with Crippen molar-refractivity contribution in [3.05, 3.63) is 41.5 Å². The third-order valence-electron chi connectivity index (χ3n) is 7.38. The Kier molecular flexibility index (Phi) is 16.3. The van der Waals surface area contributed by atoms with Crippen LogP contribution in [0, 0.1) is 11.8 Å². The number of quaternary nitrogens is 1. The van der Waals surface area contributed by atoms with Crippen LogP contribution < -0.4 is 6.15 Å². The van der Waals surface area contributed by atoms with Crippen LogP contribution in [0.25, 0.3) is 10.8 Å². The van der Waals surface area contributed by atoms with Crippen LogP contribution in [0.5, 0.6) is 0 Å². The second-order valence-electron chi connectivity index (χ2n) is 11.6. The van der Waals surface area contributed by atoms with Gasteiger partial charge in [-0.3, -0.25) is 0 Å². The van der Waals surface area contributed by atoms with E-state index in [0.29, 0.717) is 11.8 Å². The standard InChI is InChI=1S/C32H52O3S.H3N/c1-26(2)19-13-9-5-7-11-15-21-28-25-29-22-17-18-24-31(29)32(36(33,34)35)30(28)23-16-12-8-6-10-14-20-27(3)4;/h17-18,22,24-27H,5-16,19-21,23H2,1-4H3,(H,33,34,35);1H3. The smallest absolute Gasteiger partial charge is 0.125 e. The van der Waals surface area contributed by atoms with E-state index in [-0.39, 0.29) is 11.0 Å². The number of benzene rings is 2. The molecule has 0 fully saturated rings. The lowest BCUT2D eigenvalue weighted by Crippen LogP contribution is -2.09. The normalized spacial score (nSPS) is 12.0. The molecular weight excluding hydrogens is 478 g/mol. The maximum Gasteiger partial charge on any atom is 0.125 e. The average Bonchev–Trinajstić information content (AvgIpc) is 2.81. The van der Waals surface area contributed by atoms with E-state index >= 15 is 0 Å². The number of aryl methyl sites for hydroxylation is 1. The van der Waals surface area contributed by atoms with Crippen molar-refractivity contribution < 1.29 is 13.0 Å². The minimum atomic E-state index is -4.55. The lowest BCUT2D eigenvalue weighted by Gasteiger charge is -2.20. The fraction of sp³-hybridized carbons (Fsp3) is 0.688. The van der Waals surface area contributed by atoms with Gasteiger partial charge in [0.2, 0.25) is 0 Å². The first-order valence-electron chi connectivity index (χ1n) is 14.7. The summed E-state index contributed by atoms with van der Waals surface area (Å²) in [5.41, 5.74) is 1.86. The van der Waals surface area contributed by atoms with Crippen LogP contribution >= 0.6 is 0 Å². The Morgan fingerprint density at radius 3 is 1.65 bits per heavy atom. The highest BCUT2D eigenvalue weighted by molar-refractivity contribution is 7.86. The fourth-order valence-corrected chi connectivity index (χ4v) is 6.32. The Hall–Kier alpha value is -1.43. The van der Waals surface area contributed by atoms with Gasteiger partial charge in [-0.15, -0.1) is 0 Å². The van der Waals surface area contributed by atoms with Crippen LogP contribution in [0.15, 0.2) is 35.2 Å². The molecule has 2 rings (SSSR count). The fourth-order valence-electron chi connectivity index (χ4n) is 5.33. The Balaban J connectivity index is 0.00000684. The number of fused-ring (bicyclic) bond motifs is 1. The summed E-state index contributed by atoms with van der Waals surface area (Å²) in [6.45, 7) is 9.12. The van der Waals surface area contributed by atoms with Gasteiger partial charge in [-0.05, 0) is 59.4 Å². The first-order chi connectivity index (χ1) is 17.2. The Morgan fingerprint density at radius 2 is 1.14 bits per heavy atom. The molecule has 0 unspecified atom stereocenters. The van der Waals surface area contributed by atoms with Crippen LogP contribution in [0.1, 0.15) is 129 Å². The van der Waals surface area contributed by atoms with Crippen molar-refractivity contribution in [2.24, 2.45) is 11.8 Å². The zero-order valence-corrected chi connectivity index (χ0v) is 25.3. The number of rotatable bonds is 19. The summed E-state index contributed by atoms with van der Waals surface area (Å²) in [5, 5.41) is 1.45. The summed E-state index contributed by atoms with van der Waals surface area (Å²) in [7, 11) is -4.55. The molecule has 0 atom stereocenters. The van der Waals surface area contributed by atoms with Crippen LogP contribution in [-0.2, 0) is 23.0 Å². The van der Waals surface area contributed by atoms with Crippen molar-refractivity contribution in [1.29, 1.82) is 0 Å². The van der Waals surface area contributed by atoms with Gasteiger partial charge in [-0.1, -0.05) is 135 Å². The minimum Gasteiger partial charge on any atom is -0.744 e. The molecule has 4 nitrogen and oxygen atoms in total. The maximum absolute atomic E-state index is 12.5. The van der Waals surface area contributed by atoms with Crippen molar-refractivity contribution in [3.8, 4) is 0 Å². The molecule has 0 aliphatic rings. The molecule has 0 aliphatic heterocycles. The molecule has 5 heteroatoms. The van der Waals surface area contributed by atoms with E-state index in [9.17, 15) is 13.0 Å². The second kappa shape index (κ2) is 18.0. The van der Waals surface area contributed by atoms with E-state index in [2.05, 4.69) is 33.8 Å². The average molecular weight is 534 g/mol. The van der Waals surface area contributed by atoms with Crippen LogP contribution in [-0.4, -0.2) is 13.0 Å². The monoisotopic (exact) mass is 533 g/mol. The van der Waals surface area contributed by atoms with Gasteiger partial charge in [0, 0.05) is 0 Å². The maximum atomic E-state index is 12.5. The number of hydrogen-bond donors (Lipinski definition) is 1. The molecule has 0 aliphatic carbocycles. The molecule has 2 aromatic rings. The van der Waals surface area contributed by atoms with Gasteiger partial charge < -0.3 is 10.7 Å². The van der Waals surface area contributed by atoms with E-state index < -0.39 is 10.1 Å². The van der Waals surface area contributed by atoms with Crippen LogP contribution in [0.3, 0.4) is 0 Å². The second-order valence-corrected chi connectivity index (χ2v) is 12.9. The molecule has 0 spiro atoms. The lowest BCUT2D eigenvalue weighted by atomic mass is 9.93. The van der Waals surface area contributed by atoms with Gasteiger partial charge in [0.1, 0.15) is 10.1 Å². The molecule has 4 N–H and O–H groups in total. The zero-order chi connectivity index (χ0) is 26.4. The molecule has 37 heavy (non-hydrogen) atoms. The van der Waals surface area contributed by atoms with E-state index in [1.807, 2.05) is 18.2 Å². The van der Waals surface area contributed by atoms with E-state index in [0.717, 1.165) is 60.5 Å². The van der Waals surface area contributed by atoms with Gasteiger partial charge in [0.05, 0.1) is 4.90 Å². The highest BCUT2D eigenvalue weighted by Gasteiger charge is 2.18. The predicted molar refractivity (Wildman–Crippen MR) is 160 cm³/mol. The van der Waals surface area contributed by atoms with Crippen molar-refractivity contribution in [2.75, 3.05) is 0 Å². The molecular formula is C32H55NO3S. The predicted octanol–water partition coefficient (Wildman–Crippen LogP) is 9.98. The van der Waals surface area contributed by atoms with Crippen molar-refractivity contribution in [1.82, 2.24) is 6.15 Å². The molecule has 0 saturated carbocycles. The van der Waals surface area contributed by atoms with Gasteiger partial charge in [-0.25, -0.2) is 8.42 Å². The summed E-state index contributed by atoms with van der Waals surface area (Å²) in [6, 6.07) is 9.62. The highest BCUT2D eigenvalue weighted by Crippen LogP contribution is 2.32. The van der Waals surface area contributed by atoms with Gasteiger partial charge >= 0.3 is 0 Å². The van der Waals surface area contributed by atoms with E-state index in [4.69, 9.17) is 0 Å². The van der Waals surface area contributed by atoms with E-state index in [1.165, 1.54) is 64.2 Å². The molecule has 0 radical (unpaired) electrons.